The second-order valence-electron chi connectivity index (χ2n) is 4.42. The van der Waals surface area contributed by atoms with E-state index in [0.717, 1.165) is 18.2 Å². The first kappa shape index (κ1) is 8.30. The van der Waals surface area contributed by atoms with Gasteiger partial charge in [0.15, 0.2) is 0 Å². The van der Waals surface area contributed by atoms with E-state index in [1.807, 2.05) is 6.07 Å². The Labute approximate surface area is 84.3 Å². The van der Waals surface area contributed by atoms with E-state index < -0.39 is 0 Å². The summed E-state index contributed by atoms with van der Waals surface area (Å²) in [7, 11) is 1.73. The quantitative estimate of drug-likeness (QED) is 0.762. The van der Waals surface area contributed by atoms with Crippen LogP contribution in [0.5, 0.6) is 5.75 Å². The van der Waals surface area contributed by atoms with Crippen LogP contribution in [0.2, 0.25) is 0 Å². The van der Waals surface area contributed by atoms with Crippen molar-refractivity contribution in [2.75, 3.05) is 20.2 Å². The number of ether oxygens (including phenoxy) is 1. The molecule has 2 nitrogen and oxygen atoms in total. The normalized spacial score (nSPS) is 33.9. The zero-order chi connectivity index (χ0) is 9.60. The fourth-order valence-corrected chi connectivity index (χ4v) is 2.72. The van der Waals surface area contributed by atoms with Crippen molar-refractivity contribution < 1.29 is 4.74 Å². The molecular formula is C12H15NO. The van der Waals surface area contributed by atoms with Gasteiger partial charge in [0, 0.05) is 12.0 Å². The summed E-state index contributed by atoms with van der Waals surface area (Å²) in [5.41, 5.74) is 1.90. The van der Waals surface area contributed by atoms with Crippen molar-refractivity contribution >= 4 is 0 Å². The highest BCUT2D eigenvalue weighted by atomic mass is 16.5. The van der Waals surface area contributed by atoms with E-state index in [0.29, 0.717) is 5.41 Å². The molecule has 2 atom stereocenters. The van der Waals surface area contributed by atoms with Gasteiger partial charge in [-0.1, -0.05) is 12.1 Å². The molecule has 0 bridgehead atoms. The van der Waals surface area contributed by atoms with E-state index in [1.54, 1.807) is 7.11 Å². The minimum absolute atomic E-state index is 0.453. The Morgan fingerprint density at radius 2 is 2.43 bits per heavy atom. The average Bonchev–Trinajstić information content (AvgIpc) is 2.82. The smallest absolute Gasteiger partial charge is 0.119 e. The van der Waals surface area contributed by atoms with Crippen LogP contribution in [0.25, 0.3) is 0 Å². The molecule has 2 fully saturated rings. The lowest BCUT2D eigenvalue weighted by Crippen LogP contribution is -2.19. The number of fused-ring (bicyclic) bond motifs is 1. The van der Waals surface area contributed by atoms with Crippen LogP contribution in [0.15, 0.2) is 24.3 Å². The number of hydrogen-bond acceptors (Lipinski definition) is 2. The van der Waals surface area contributed by atoms with Gasteiger partial charge in [0.05, 0.1) is 7.11 Å². The number of benzene rings is 1. The molecule has 2 aliphatic rings. The van der Waals surface area contributed by atoms with Gasteiger partial charge >= 0.3 is 0 Å². The molecular weight excluding hydrogens is 174 g/mol. The van der Waals surface area contributed by atoms with Gasteiger partial charge < -0.3 is 10.1 Å². The molecule has 0 amide bonds. The summed E-state index contributed by atoms with van der Waals surface area (Å²) >= 11 is 0. The molecule has 1 aliphatic carbocycles. The van der Waals surface area contributed by atoms with Gasteiger partial charge in [-0.25, -0.2) is 0 Å². The van der Waals surface area contributed by atoms with Gasteiger partial charge in [-0.15, -0.1) is 0 Å². The Morgan fingerprint density at radius 3 is 3.07 bits per heavy atom. The van der Waals surface area contributed by atoms with Crippen molar-refractivity contribution in [3.63, 3.8) is 0 Å². The Hall–Kier alpha value is -1.02. The van der Waals surface area contributed by atoms with Crippen molar-refractivity contribution in [3.05, 3.63) is 29.8 Å². The standard InChI is InChI=1S/C12H15NO/c1-14-11-4-2-3-9(5-11)12-6-10(12)7-13-8-12/h2-5,10,13H,6-8H2,1H3/t10-,12?/m1/s1. The Morgan fingerprint density at radius 1 is 1.50 bits per heavy atom. The maximum Gasteiger partial charge on any atom is 0.119 e. The van der Waals surface area contributed by atoms with Crippen LogP contribution in [0.1, 0.15) is 12.0 Å². The molecule has 1 saturated heterocycles. The molecule has 1 N–H and O–H groups in total. The van der Waals surface area contributed by atoms with Gasteiger partial charge in [-0.2, -0.15) is 0 Å². The lowest BCUT2D eigenvalue weighted by Gasteiger charge is -2.13. The third kappa shape index (κ3) is 1.01. The second kappa shape index (κ2) is 2.74. The third-order valence-electron chi connectivity index (χ3n) is 3.71. The van der Waals surface area contributed by atoms with Crippen LogP contribution in [0.4, 0.5) is 0 Å². The van der Waals surface area contributed by atoms with Crippen LogP contribution in [0.3, 0.4) is 0 Å². The zero-order valence-corrected chi connectivity index (χ0v) is 8.42. The van der Waals surface area contributed by atoms with Crippen LogP contribution in [-0.4, -0.2) is 20.2 Å². The van der Waals surface area contributed by atoms with Gasteiger partial charge in [0.1, 0.15) is 5.75 Å². The number of hydrogen-bond donors (Lipinski definition) is 1. The number of rotatable bonds is 2. The molecule has 3 rings (SSSR count). The number of methoxy groups -OCH3 is 1. The van der Waals surface area contributed by atoms with Gasteiger partial charge in [0.2, 0.25) is 0 Å². The molecule has 14 heavy (non-hydrogen) atoms. The lowest BCUT2D eigenvalue weighted by molar-refractivity contribution is 0.413. The highest BCUT2D eigenvalue weighted by Crippen LogP contribution is 2.56. The molecule has 1 heterocycles. The topological polar surface area (TPSA) is 21.3 Å². The largest absolute Gasteiger partial charge is 0.497 e. The molecule has 0 aromatic heterocycles. The molecule has 1 aromatic carbocycles. The molecule has 2 heteroatoms. The summed E-state index contributed by atoms with van der Waals surface area (Å²) in [4.78, 5) is 0. The summed E-state index contributed by atoms with van der Waals surface area (Å²) in [6.07, 6.45) is 1.35. The van der Waals surface area contributed by atoms with E-state index in [2.05, 4.69) is 23.5 Å². The molecule has 1 aromatic rings. The van der Waals surface area contributed by atoms with Gasteiger partial charge in [-0.3, -0.25) is 0 Å². The summed E-state index contributed by atoms with van der Waals surface area (Å²) in [5, 5.41) is 3.46. The summed E-state index contributed by atoms with van der Waals surface area (Å²) < 4.78 is 5.26. The fourth-order valence-electron chi connectivity index (χ4n) is 2.72. The second-order valence-corrected chi connectivity index (χ2v) is 4.42. The van der Waals surface area contributed by atoms with E-state index in [4.69, 9.17) is 4.74 Å². The maximum absolute atomic E-state index is 5.26. The third-order valence-corrected chi connectivity index (χ3v) is 3.71. The molecule has 1 unspecified atom stereocenters. The average molecular weight is 189 g/mol. The van der Waals surface area contributed by atoms with Crippen molar-refractivity contribution in [2.24, 2.45) is 5.92 Å². The lowest BCUT2D eigenvalue weighted by atomic mass is 9.95. The molecule has 74 valence electrons. The van der Waals surface area contributed by atoms with E-state index >= 15 is 0 Å². The highest BCUT2D eigenvalue weighted by Gasteiger charge is 2.57. The number of piperidine rings is 1. The van der Waals surface area contributed by atoms with Crippen LogP contribution >= 0.6 is 0 Å². The molecule has 0 radical (unpaired) electrons. The van der Waals surface area contributed by atoms with E-state index in [-0.39, 0.29) is 0 Å². The van der Waals surface area contributed by atoms with E-state index in [9.17, 15) is 0 Å². The molecule has 0 spiro atoms. The predicted octanol–water partition coefficient (Wildman–Crippen LogP) is 1.56. The first-order valence-electron chi connectivity index (χ1n) is 5.20. The van der Waals surface area contributed by atoms with Crippen molar-refractivity contribution in [1.82, 2.24) is 5.32 Å². The van der Waals surface area contributed by atoms with Crippen molar-refractivity contribution in [2.45, 2.75) is 11.8 Å². The van der Waals surface area contributed by atoms with Crippen LogP contribution < -0.4 is 10.1 Å². The van der Waals surface area contributed by atoms with Crippen molar-refractivity contribution in [3.8, 4) is 5.75 Å². The van der Waals surface area contributed by atoms with Gasteiger partial charge in [0.25, 0.3) is 0 Å². The maximum atomic E-state index is 5.26. The summed E-state index contributed by atoms with van der Waals surface area (Å²) in [5.74, 6) is 1.85. The van der Waals surface area contributed by atoms with Gasteiger partial charge in [-0.05, 0) is 36.6 Å². The fraction of sp³-hybridized carbons (Fsp3) is 0.500. The Bertz CT molecular complexity index is 363. The Kier molecular flexibility index (Phi) is 1.62. The highest BCUT2D eigenvalue weighted by molar-refractivity contribution is 5.41. The minimum Gasteiger partial charge on any atom is -0.497 e. The monoisotopic (exact) mass is 189 g/mol. The molecule has 1 saturated carbocycles. The first-order chi connectivity index (χ1) is 6.85. The zero-order valence-electron chi connectivity index (χ0n) is 8.42. The summed E-state index contributed by atoms with van der Waals surface area (Å²) in [6.45, 7) is 2.34. The van der Waals surface area contributed by atoms with E-state index in [1.165, 1.54) is 18.5 Å². The minimum atomic E-state index is 0.453. The van der Waals surface area contributed by atoms with Crippen LogP contribution in [-0.2, 0) is 5.41 Å². The first-order valence-corrected chi connectivity index (χ1v) is 5.20. The Balaban J connectivity index is 1.96. The van der Waals surface area contributed by atoms with Crippen molar-refractivity contribution in [1.29, 1.82) is 0 Å². The van der Waals surface area contributed by atoms with Crippen LogP contribution in [0, 0.1) is 5.92 Å². The SMILES string of the molecule is COc1cccc(C23CNC[C@H]2C3)c1. The molecule has 1 aliphatic heterocycles. The number of nitrogens with one attached hydrogen (secondary N) is 1. The summed E-state index contributed by atoms with van der Waals surface area (Å²) in [6, 6.07) is 8.53. The predicted molar refractivity (Wildman–Crippen MR) is 55.6 cm³/mol.